The molecular weight excluding hydrogens is 386 g/mol. The van der Waals surface area contributed by atoms with Crippen molar-refractivity contribution in [3.63, 3.8) is 0 Å². The molecule has 102 valence electrons. The van der Waals surface area contributed by atoms with Crippen LogP contribution in [-0.2, 0) is 4.79 Å². The maximum Gasteiger partial charge on any atom is 0.277 e. The molecule has 1 amide bonds. The topological polar surface area (TPSA) is 46.5 Å². The van der Waals surface area contributed by atoms with Crippen LogP contribution in [0.5, 0.6) is 0 Å². The molecule has 0 saturated heterocycles. The molecule has 0 atom stereocenters. The highest BCUT2D eigenvalue weighted by atomic mass is 79.9. The van der Waals surface area contributed by atoms with Crippen LogP contribution in [0.15, 0.2) is 49.9 Å². The fraction of sp³-hybridized carbons (Fsp3) is 0.133. The molecule has 1 aliphatic rings. The van der Waals surface area contributed by atoms with Crippen molar-refractivity contribution in [2.45, 2.75) is 13.8 Å². The first-order chi connectivity index (χ1) is 9.40. The van der Waals surface area contributed by atoms with Gasteiger partial charge in [0.25, 0.3) is 5.91 Å². The van der Waals surface area contributed by atoms with E-state index in [4.69, 9.17) is 0 Å². The maximum atomic E-state index is 12.1. The van der Waals surface area contributed by atoms with Gasteiger partial charge in [-0.3, -0.25) is 9.59 Å². The summed E-state index contributed by atoms with van der Waals surface area (Å²) >= 11 is 6.49. The highest BCUT2D eigenvalue weighted by molar-refractivity contribution is 9.14. The van der Waals surface area contributed by atoms with Gasteiger partial charge in [-0.25, -0.2) is 4.99 Å². The summed E-state index contributed by atoms with van der Waals surface area (Å²) in [5.41, 5.74) is 2.73. The monoisotopic (exact) mass is 395 g/mol. The number of benzene rings is 1. The molecule has 0 radical (unpaired) electrons. The third-order valence-electron chi connectivity index (χ3n) is 2.85. The van der Waals surface area contributed by atoms with Crippen molar-refractivity contribution in [2.24, 2.45) is 4.99 Å². The van der Waals surface area contributed by atoms with Crippen molar-refractivity contribution in [1.82, 2.24) is 0 Å². The normalized spacial score (nSPS) is 17.5. The van der Waals surface area contributed by atoms with Crippen molar-refractivity contribution in [3.8, 4) is 0 Å². The first kappa shape index (κ1) is 15.1. The Bertz CT molecular complexity index is 682. The Balaban J connectivity index is 2.40. The highest BCUT2D eigenvalue weighted by Crippen LogP contribution is 2.28. The molecule has 0 spiro atoms. The second kappa shape index (κ2) is 5.97. The lowest BCUT2D eigenvalue weighted by Gasteiger charge is -2.12. The van der Waals surface area contributed by atoms with Gasteiger partial charge in [-0.15, -0.1) is 0 Å². The van der Waals surface area contributed by atoms with Crippen LogP contribution in [0, 0.1) is 6.92 Å². The molecular formula is C15H11Br2NO2. The zero-order chi connectivity index (χ0) is 14.9. The van der Waals surface area contributed by atoms with E-state index in [1.807, 2.05) is 19.1 Å². The Morgan fingerprint density at radius 3 is 2.25 bits per heavy atom. The molecule has 0 N–H and O–H groups in total. The molecule has 2 rings (SSSR count). The van der Waals surface area contributed by atoms with Gasteiger partial charge in [0.15, 0.2) is 5.78 Å². The van der Waals surface area contributed by atoms with Crippen LogP contribution in [0.1, 0.15) is 22.8 Å². The van der Waals surface area contributed by atoms with Gasteiger partial charge >= 0.3 is 0 Å². The van der Waals surface area contributed by atoms with Crippen LogP contribution in [-0.4, -0.2) is 17.4 Å². The summed E-state index contributed by atoms with van der Waals surface area (Å²) in [5, 5.41) is 0. The van der Waals surface area contributed by atoms with E-state index in [0.717, 1.165) is 5.56 Å². The molecule has 20 heavy (non-hydrogen) atoms. The SMILES string of the molecule is CC1=CC(=O)C(Br)=C(Br)C1=NC(=O)c1ccc(C)cc1. The Hall–Kier alpha value is -1.33. The van der Waals surface area contributed by atoms with Gasteiger partial charge in [0, 0.05) is 5.56 Å². The van der Waals surface area contributed by atoms with Crippen LogP contribution >= 0.6 is 31.9 Å². The predicted molar refractivity (Wildman–Crippen MR) is 86.6 cm³/mol. The molecule has 0 bridgehead atoms. The predicted octanol–water partition coefficient (Wildman–Crippen LogP) is 4.11. The molecule has 0 saturated carbocycles. The number of nitrogens with zero attached hydrogens (tertiary/aromatic N) is 1. The quantitative estimate of drug-likeness (QED) is 0.670. The first-order valence-corrected chi connectivity index (χ1v) is 7.47. The van der Waals surface area contributed by atoms with Gasteiger partial charge in [-0.2, -0.15) is 0 Å². The van der Waals surface area contributed by atoms with Gasteiger partial charge < -0.3 is 0 Å². The second-order valence-corrected chi connectivity index (χ2v) is 6.04. The maximum absolute atomic E-state index is 12.1. The minimum Gasteiger partial charge on any atom is -0.289 e. The standard InChI is InChI=1S/C15H11Br2NO2/c1-8-3-5-10(6-4-8)15(20)18-14-9(2)7-11(19)12(16)13(14)17/h3-7H,1-2H3. The average molecular weight is 397 g/mol. The summed E-state index contributed by atoms with van der Waals surface area (Å²) in [6.45, 7) is 3.70. The van der Waals surface area contributed by atoms with E-state index in [-0.39, 0.29) is 11.7 Å². The molecule has 3 nitrogen and oxygen atoms in total. The van der Waals surface area contributed by atoms with Crippen LogP contribution < -0.4 is 0 Å². The first-order valence-electron chi connectivity index (χ1n) is 5.88. The summed E-state index contributed by atoms with van der Waals surface area (Å²) in [7, 11) is 0. The van der Waals surface area contributed by atoms with Crippen molar-refractivity contribution in [3.05, 3.63) is 56.0 Å². The number of carbonyl (C=O) groups excluding carboxylic acids is 2. The third-order valence-corrected chi connectivity index (χ3v) is 4.94. The number of hydrogen-bond donors (Lipinski definition) is 0. The number of allylic oxidation sites excluding steroid dienone is 4. The average Bonchev–Trinajstić information content (AvgIpc) is 2.42. The lowest BCUT2D eigenvalue weighted by Crippen LogP contribution is -2.14. The number of hydrogen-bond acceptors (Lipinski definition) is 2. The van der Waals surface area contributed by atoms with Gasteiger partial charge in [0.1, 0.15) is 0 Å². The van der Waals surface area contributed by atoms with Crippen LogP contribution in [0.4, 0.5) is 0 Å². The van der Waals surface area contributed by atoms with Crippen LogP contribution in [0.2, 0.25) is 0 Å². The molecule has 1 aromatic carbocycles. The molecule has 1 aromatic rings. The van der Waals surface area contributed by atoms with E-state index in [1.54, 1.807) is 19.1 Å². The Morgan fingerprint density at radius 2 is 1.65 bits per heavy atom. The van der Waals surface area contributed by atoms with Crippen molar-refractivity contribution in [1.29, 1.82) is 0 Å². The molecule has 1 aliphatic carbocycles. The molecule has 0 heterocycles. The van der Waals surface area contributed by atoms with E-state index in [2.05, 4.69) is 36.9 Å². The number of rotatable bonds is 1. The molecule has 5 heteroatoms. The lowest BCUT2D eigenvalue weighted by molar-refractivity contribution is -0.110. The lowest BCUT2D eigenvalue weighted by atomic mass is 10.0. The summed E-state index contributed by atoms with van der Waals surface area (Å²) in [6, 6.07) is 7.20. The van der Waals surface area contributed by atoms with E-state index >= 15 is 0 Å². The van der Waals surface area contributed by atoms with Gasteiger partial charge in [-0.1, -0.05) is 17.7 Å². The Kier molecular flexibility index (Phi) is 4.50. The summed E-state index contributed by atoms with van der Waals surface area (Å²) in [6.07, 6.45) is 1.45. The van der Waals surface area contributed by atoms with E-state index in [9.17, 15) is 9.59 Å². The van der Waals surface area contributed by atoms with Crippen molar-refractivity contribution < 1.29 is 9.59 Å². The number of carbonyl (C=O) groups is 2. The Morgan fingerprint density at radius 1 is 1.05 bits per heavy atom. The number of aryl methyl sites for hydroxylation is 1. The Labute approximate surface area is 133 Å². The van der Waals surface area contributed by atoms with E-state index < -0.39 is 0 Å². The largest absolute Gasteiger partial charge is 0.289 e. The summed E-state index contributed by atoms with van der Waals surface area (Å²) in [4.78, 5) is 27.9. The molecule has 0 unspecified atom stereocenters. The zero-order valence-electron chi connectivity index (χ0n) is 10.9. The summed E-state index contributed by atoms with van der Waals surface area (Å²) in [5.74, 6) is -0.476. The number of amides is 1. The fourth-order valence-corrected chi connectivity index (χ4v) is 2.61. The van der Waals surface area contributed by atoms with Gasteiger partial charge in [0.05, 0.1) is 14.7 Å². The summed E-state index contributed by atoms with van der Waals surface area (Å²) < 4.78 is 0.876. The van der Waals surface area contributed by atoms with Gasteiger partial charge in [-0.05, 0) is 69.5 Å². The van der Waals surface area contributed by atoms with Crippen LogP contribution in [0.25, 0.3) is 0 Å². The van der Waals surface area contributed by atoms with Gasteiger partial charge in [0.2, 0.25) is 0 Å². The third kappa shape index (κ3) is 3.04. The number of halogens is 2. The van der Waals surface area contributed by atoms with E-state index in [0.29, 0.717) is 25.8 Å². The molecule has 0 fully saturated rings. The minimum absolute atomic E-state index is 0.142. The number of ketones is 1. The fourth-order valence-electron chi connectivity index (χ4n) is 1.71. The number of aliphatic imine (C=N–C) groups is 1. The smallest absolute Gasteiger partial charge is 0.277 e. The molecule has 0 aromatic heterocycles. The molecule has 0 aliphatic heterocycles. The zero-order valence-corrected chi connectivity index (χ0v) is 14.1. The van der Waals surface area contributed by atoms with E-state index in [1.165, 1.54) is 6.08 Å². The van der Waals surface area contributed by atoms with Crippen molar-refractivity contribution >= 4 is 49.3 Å². The van der Waals surface area contributed by atoms with Crippen molar-refractivity contribution in [2.75, 3.05) is 0 Å². The minimum atomic E-state index is -0.334. The highest BCUT2D eigenvalue weighted by Gasteiger charge is 2.22. The second-order valence-electron chi connectivity index (χ2n) is 4.45. The van der Waals surface area contributed by atoms with Crippen LogP contribution in [0.3, 0.4) is 0 Å².